The highest BCUT2D eigenvalue weighted by Gasteiger charge is 2.20. The molecule has 0 spiro atoms. The van der Waals surface area contributed by atoms with Gasteiger partial charge in [-0.1, -0.05) is 12.1 Å². The third kappa shape index (κ3) is 5.95. The fourth-order valence-corrected chi connectivity index (χ4v) is 2.32. The topological polar surface area (TPSA) is 101 Å². The Morgan fingerprint density at radius 2 is 1.76 bits per heavy atom. The number of nitrogens with one attached hydrogen (secondary N) is 1. The summed E-state index contributed by atoms with van der Waals surface area (Å²) in [5, 5.41) is 10.5. The number of carboxylic acid groups (broad SMARTS) is 1. The van der Waals surface area contributed by atoms with Gasteiger partial charge in [0.15, 0.2) is 9.84 Å². The monoisotopic (exact) mass is 313 g/mol. The van der Waals surface area contributed by atoms with E-state index in [1.54, 1.807) is 24.3 Å². The van der Waals surface area contributed by atoms with E-state index in [1.165, 1.54) is 13.8 Å². The molecule has 0 heterocycles. The van der Waals surface area contributed by atoms with Crippen molar-refractivity contribution in [2.24, 2.45) is 0 Å². The van der Waals surface area contributed by atoms with Crippen LogP contribution in [0.1, 0.15) is 25.8 Å². The molecule has 0 saturated heterocycles. The zero-order valence-corrected chi connectivity index (χ0v) is 12.8. The summed E-state index contributed by atoms with van der Waals surface area (Å²) in [5.41, 5.74) is 1.32. The predicted octanol–water partition coefficient (Wildman–Crippen LogP) is 1.47. The van der Waals surface area contributed by atoms with E-state index < -0.39 is 32.7 Å². The van der Waals surface area contributed by atoms with Crippen molar-refractivity contribution in [3.05, 3.63) is 29.8 Å². The van der Waals surface area contributed by atoms with E-state index in [1.807, 2.05) is 0 Å². The number of sulfone groups is 1. The molecule has 7 heteroatoms. The number of amides is 1. The summed E-state index contributed by atoms with van der Waals surface area (Å²) in [6.07, 6.45) is 0.448. The molecule has 1 rings (SSSR count). The number of hydrogen-bond acceptors (Lipinski definition) is 4. The van der Waals surface area contributed by atoms with E-state index in [0.29, 0.717) is 12.1 Å². The molecule has 1 aromatic rings. The number of benzene rings is 1. The fraction of sp³-hybridized carbons (Fsp3) is 0.429. The van der Waals surface area contributed by atoms with Gasteiger partial charge in [-0.2, -0.15) is 0 Å². The number of aliphatic carboxylic acids is 1. The average molecular weight is 313 g/mol. The van der Waals surface area contributed by atoms with Crippen molar-refractivity contribution in [3.63, 3.8) is 0 Å². The summed E-state index contributed by atoms with van der Waals surface area (Å²) in [4.78, 5) is 22.1. The van der Waals surface area contributed by atoms with Gasteiger partial charge >= 0.3 is 5.97 Å². The molecule has 0 radical (unpaired) electrons. The maximum absolute atomic E-state index is 11.7. The van der Waals surface area contributed by atoms with Crippen LogP contribution in [0.5, 0.6) is 0 Å². The van der Waals surface area contributed by atoms with Gasteiger partial charge in [-0.05, 0) is 38.0 Å². The Labute approximate surface area is 124 Å². The molecule has 0 saturated carbocycles. The Bertz CT molecular complexity index is 605. The van der Waals surface area contributed by atoms with Gasteiger partial charge in [-0.25, -0.2) is 8.42 Å². The summed E-state index contributed by atoms with van der Waals surface area (Å²) in [6.45, 7) is 3.06. The van der Waals surface area contributed by atoms with Crippen LogP contribution in [-0.2, 0) is 25.8 Å². The lowest BCUT2D eigenvalue weighted by atomic mass is 10.1. The van der Waals surface area contributed by atoms with Crippen LogP contribution in [0.25, 0.3) is 0 Å². The van der Waals surface area contributed by atoms with Crippen LogP contribution < -0.4 is 5.32 Å². The molecule has 1 aromatic carbocycles. The van der Waals surface area contributed by atoms with Crippen LogP contribution in [0.3, 0.4) is 0 Å². The van der Waals surface area contributed by atoms with Crippen LogP contribution in [0.4, 0.5) is 5.69 Å². The highest BCUT2D eigenvalue weighted by Crippen LogP contribution is 2.12. The minimum absolute atomic E-state index is 0.0400. The minimum Gasteiger partial charge on any atom is -0.481 e. The molecule has 0 bridgehead atoms. The van der Waals surface area contributed by atoms with Crippen LogP contribution in [0.15, 0.2) is 24.3 Å². The van der Waals surface area contributed by atoms with Gasteiger partial charge in [0.25, 0.3) is 0 Å². The lowest BCUT2D eigenvalue weighted by Crippen LogP contribution is -2.27. The first kappa shape index (κ1) is 17.2. The zero-order valence-electron chi connectivity index (χ0n) is 12.0. The van der Waals surface area contributed by atoms with Crippen LogP contribution in [0, 0.1) is 0 Å². The number of carbonyl (C=O) groups is 2. The molecule has 0 fully saturated rings. The Morgan fingerprint density at radius 3 is 2.24 bits per heavy atom. The molecular weight excluding hydrogens is 294 g/mol. The highest BCUT2D eigenvalue weighted by molar-refractivity contribution is 7.92. The number of carbonyl (C=O) groups excluding carboxylic acids is 1. The first-order chi connectivity index (χ1) is 9.70. The van der Waals surface area contributed by atoms with E-state index in [0.717, 1.165) is 5.56 Å². The summed E-state index contributed by atoms with van der Waals surface area (Å²) < 4.78 is 23.2. The first-order valence-electron chi connectivity index (χ1n) is 6.53. The maximum Gasteiger partial charge on any atom is 0.303 e. The molecule has 0 aliphatic heterocycles. The molecule has 0 atom stereocenters. The molecule has 0 aliphatic rings. The number of anilines is 1. The van der Waals surface area contributed by atoms with E-state index in [2.05, 4.69) is 5.32 Å². The largest absolute Gasteiger partial charge is 0.481 e. The second-order valence-electron chi connectivity index (χ2n) is 4.99. The van der Waals surface area contributed by atoms with E-state index in [9.17, 15) is 18.0 Å². The van der Waals surface area contributed by atoms with Crippen molar-refractivity contribution < 1.29 is 23.1 Å². The zero-order chi connectivity index (χ0) is 16.0. The lowest BCUT2D eigenvalue weighted by Gasteiger charge is -2.09. The van der Waals surface area contributed by atoms with Crippen molar-refractivity contribution in [2.75, 3.05) is 11.1 Å². The second kappa shape index (κ2) is 7.21. The normalized spacial score (nSPS) is 11.4. The first-order valence-corrected chi connectivity index (χ1v) is 8.24. The molecule has 0 aliphatic carbocycles. The minimum atomic E-state index is -3.42. The molecule has 1 amide bonds. The number of carboxylic acids is 1. The van der Waals surface area contributed by atoms with Crippen molar-refractivity contribution in [1.82, 2.24) is 0 Å². The van der Waals surface area contributed by atoms with Gasteiger partial charge in [0.1, 0.15) is 5.75 Å². The third-order valence-electron chi connectivity index (χ3n) is 2.92. The van der Waals surface area contributed by atoms with E-state index >= 15 is 0 Å². The average Bonchev–Trinajstić information content (AvgIpc) is 2.36. The van der Waals surface area contributed by atoms with Gasteiger partial charge in [-0.3, -0.25) is 9.59 Å². The van der Waals surface area contributed by atoms with E-state index in [4.69, 9.17) is 5.11 Å². The van der Waals surface area contributed by atoms with Crippen LogP contribution in [-0.4, -0.2) is 36.4 Å². The van der Waals surface area contributed by atoms with Crippen molar-refractivity contribution >= 4 is 27.4 Å². The molecule has 0 unspecified atom stereocenters. The van der Waals surface area contributed by atoms with Crippen LogP contribution >= 0.6 is 0 Å². The van der Waals surface area contributed by atoms with Gasteiger partial charge in [0.05, 0.1) is 5.25 Å². The molecule has 6 nitrogen and oxygen atoms in total. The quantitative estimate of drug-likeness (QED) is 0.794. The fourth-order valence-electron chi connectivity index (χ4n) is 1.55. The van der Waals surface area contributed by atoms with Gasteiger partial charge in [-0.15, -0.1) is 0 Å². The molecule has 116 valence electrons. The summed E-state index contributed by atoms with van der Waals surface area (Å²) in [5.74, 6) is -2.00. The third-order valence-corrected chi connectivity index (χ3v) is 5.02. The Hall–Kier alpha value is -1.89. The highest BCUT2D eigenvalue weighted by atomic mass is 32.2. The Kier molecular flexibility index (Phi) is 5.90. The molecule has 2 N–H and O–H groups in total. The second-order valence-corrected chi connectivity index (χ2v) is 7.55. The van der Waals surface area contributed by atoms with Crippen molar-refractivity contribution in [1.29, 1.82) is 0 Å². The summed E-state index contributed by atoms with van der Waals surface area (Å²) in [6, 6.07) is 6.65. The summed E-state index contributed by atoms with van der Waals surface area (Å²) in [7, 11) is -3.42. The van der Waals surface area contributed by atoms with Crippen molar-refractivity contribution in [3.8, 4) is 0 Å². The molecular formula is C14H19NO5S. The lowest BCUT2D eigenvalue weighted by molar-refractivity contribution is -0.137. The Balaban J connectivity index is 2.60. The number of aryl methyl sites for hydroxylation is 1. The van der Waals surface area contributed by atoms with Crippen molar-refractivity contribution in [2.45, 2.75) is 31.9 Å². The standard InChI is InChI=1S/C14H19NO5S/c1-10(2)21(19,20)9-13(16)15-12-6-3-11(4-7-12)5-8-14(17)18/h3-4,6-7,10H,5,8-9H2,1-2H3,(H,15,16)(H,17,18). The molecule has 0 aromatic heterocycles. The molecule has 21 heavy (non-hydrogen) atoms. The summed E-state index contributed by atoms with van der Waals surface area (Å²) >= 11 is 0. The van der Waals surface area contributed by atoms with E-state index in [-0.39, 0.29) is 6.42 Å². The van der Waals surface area contributed by atoms with Gasteiger partial charge in [0.2, 0.25) is 5.91 Å². The van der Waals surface area contributed by atoms with Crippen LogP contribution in [0.2, 0.25) is 0 Å². The van der Waals surface area contributed by atoms with Gasteiger partial charge < -0.3 is 10.4 Å². The predicted molar refractivity (Wildman–Crippen MR) is 80.0 cm³/mol. The maximum atomic E-state index is 11.7. The number of hydrogen-bond donors (Lipinski definition) is 2. The SMILES string of the molecule is CC(C)S(=O)(=O)CC(=O)Nc1ccc(CCC(=O)O)cc1. The Morgan fingerprint density at radius 1 is 1.19 bits per heavy atom. The number of rotatable bonds is 7. The smallest absolute Gasteiger partial charge is 0.303 e. The van der Waals surface area contributed by atoms with Gasteiger partial charge in [0, 0.05) is 12.1 Å².